The molecule has 0 aliphatic carbocycles. The average molecular weight is 767 g/mol. The predicted molar refractivity (Wildman–Crippen MR) is 237 cm³/mol. The molecule has 0 amide bonds. The van der Waals surface area contributed by atoms with Gasteiger partial charge in [-0.1, -0.05) is 209 Å². The molecule has 1 unspecified atom stereocenters. The lowest BCUT2D eigenvalue weighted by atomic mass is 10.0. The van der Waals surface area contributed by atoms with Crippen molar-refractivity contribution >= 4 is 11.9 Å². The maximum Gasteiger partial charge on any atom is 0.306 e. The number of aliphatic hydroxyl groups is 1. The molecule has 0 aliphatic heterocycles. The summed E-state index contributed by atoms with van der Waals surface area (Å²) >= 11 is 0. The molecule has 0 aromatic carbocycles. The minimum Gasteiger partial charge on any atom is -0.462 e. The fourth-order valence-electron chi connectivity index (χ4n) is 6.32. The second-order valence-electron chi connectivity index (χ2n) is 15.1. The number of unbranched alkanes of at least 4 members (excludes halogenated alkanes) is 21. The lowest BCUT2D eigenvalue weighted by Gasteiger charge is -2.15. The molecule has 1 atom stereocenters. The van der Waals surface area contributed by atoms with E-state index in [9.17, 15) is 14.7 Å². The van der Waals surface area contributed by atoms with Crippen LogP contribution in [0.15, 0.2) is 72.9 Å². The molecular formula is C50H86O5. The molecule has 0 aromatic rings. The lowest BCUT2D eigenvalue weighted by molar-refractivity contribution is -0.161. The van der Waals surface area contributed by atoms with E-state index in [0.717, 1.165) is 77.0 Å². The lowest BCUT2D eigenvalue weighted by Crippen LogP contribution is -2.28. The van der Waals surface area contributed by atoms with Crippen LogP contribution < -0.4 is 0 Å². The number of carbonyl (C=O) groups excluding carboxylic acids is 2. The second kappa shape index (κ2) is 45.7. The van der Waals surface area contributed by atoms with E-state index in [-0.39, 0.29) is 25.2 Å². The Morgan fingerprint density at radius 1 is 0.436 bits per heavy atom. The van der Waals surface area contributed by atoms with Crippen molar-refractivity contribution in [1.82, 2.24) is 0 Å². The van der Waals surface area contributed by atoms with E-state index in [2.05, 4.69) is 86.8 Å². The topological polar surface area (TPSA) is 72.8 Å². The van der Waals surface area contributed by atoms with Gasteiger partial charge in [-0.3, -0.25) is 9.59 Å². The first-order valence-electron chi connectivity index (χ1n) is 23.0. The summed E-state index contributed by atoms with van der Waals surface area (Å²) in [6, 6.07) is 0. The molecule has 5 nitrogen and oxygen atoms in total. The summed E-state index contributed by atoms with van der Waals surface area (Å²) in [6.45, 7) is 4.02. The van der Waals surface area contributed by atoms with Crippen molar-refractivity contribution in [2.45, 2.75) is 219 Å². The molecule has 5 heteroatoms. The number of aliphatic hydroxyl groups excluding tert-OH is 1. The highest BCUT2D eigenvalue weighted by atomic mass is 16.6. The highest BCUT2D eigenvalue weighted by molar-refractivity contribution is 5.70. The van der Waals surface area contributed by atoms with Gasteiger partial charge < -0.3 is 14.6 Å². The van der Waals surface area contributed by atoms with Crippen molar-refractivity contribution in [3.8, 4) is 0 Å². The molecule has 0 fully saturated rings. The fraction of sp³-hybridized carbons (Fsp3) is 0.720. The van der Waals surface area contributed by atoms with Gasteiger partial charge in [-0.25, -0.2) is 0 Å². The van der Waals surface area contributed by atoms with Crippen LogP contribution >= 0.6 is 0 Å². The molecule has 0 saturated carbocycles. The van der Waals surface area contributed by atoms with Gasteiger partial charge in [0.25, 0.3) is 0 Å². The van der Waals surface area contributed by atoms with Crippen molar-refractivity contribution in [3.63, 3.8) is 0 Å². The Kier molecular flexibility index (Phi) is 43.5. The second-order valence-corrected chi connectivity index (χ2v) is 15.1. The Hall–Kier alpha value is -2.66. The minimum absolute atomic E-state index is 0.0676. The van der Waals surface area contributed by atoms with E-state index in [1.54, 1.807) is 0 Å². The molecule has 316 valence electrons. The quantitative estimate of drug-likeness (QED) is 0.0381. The summed E-state index contributed by atoms with van der Waals surface area (Å²) in [7, 11) is 0. The van der Waals surface area contributed by atoms with Crippen LogP contribution in [0.5, 0.6) is 0 Å². The van der Waals surface area contributed by atoms with Crippen molar-refractivity contribution in [1.29, 1.82) is 0 Å². The number of allylic oxidation sites excluding steroid dienone is 12. The molecule has 0 spiro atoms. The number of rotatable bonds is 41. The molecule has 1 N–H and O–H groups in total. The van der Waals surface area contributed by atoms with Gasteiger partial charge in [0.1, 0.15) is 6.61 Å². The summed E-state index contributed by atoms with van der Waals surface area (Å²) in [6.07, 6.45) is 61.2. The number of ether oxygens (including phenoxy) is 2. The molecular weight excluding hydrogens is 681 g/mol. The van der Waals surface area contributed by atoms with Crippen LogP contribution in [0.1, 0.15) is 213 Å². The highest BCUT2D eigenvalue weighted by Gasteiger charge is 2.16. The molecule has 0 rings (SSSR count). The van der Waals surface area contributed by atoms with Gasteiger partial charge in [0.2, 0.25) is 0 Å². The number of esters is 2. The van der Waals surface area contributed by atoms with Crippen LogP contribution in [0, 0.1) is 0 Å². The molecule has 0 radical (unpaired) electrons. The summed E-state index contributed by atoms with van der Waals surface area (Å²) in [5.74, 6) is -0.595. The first kappa shape index (κ1) is 52.3. The van der Waals surface area contributed by atoms with Gasteiger partial charge in [0, 0.05) is 12.8 Å². The summed E-state index contributed by atoms with van der Waals surface area (Å²) in [5.41, 5.74) is 0. The van der Waals surface area contributed by atoms with Crippen LogP contribution in [-0.4, -0.2) is 36.4 Å². The monoisotopic (exact) mass is 767 g/mol. The van der Waals surface area contributed by atoms with Gasteiger partial charge in [0.15, 0.2) is 6.10 Å². The Balaban J connectivity index is 3.54. The third-order valence-corrected chi connectivity index (χ3v) is 9.76. The van der Waals surface area contributed by atoms with Crippen LogP contribution in [0.2, 0.25) is 0 Å². The van der Waals surface area contributed by atoms with Crippen molar-refractivity contribution in [2.24, 2.45) is 0 Å². The van der Waals surface area contributed by atoms with E-state index in [4.69, 9.17) is 9.47 Å². The van der Waals surface area contributed by atoms with Crippen molar-refractivity contribution in [2.75, 3.05) is 13.2 Å². The normalized spacial score (nSPS) is 12.9. The smallest absolute Gasteiger partial charge is 0.306 e. The summed E-state index contributed by atoms with van der Waals surface area (Å²) in [4.78, 5) is 24.3. The van der Waals surface area contributed by atoms with Crippen LogP contribution in [0.3, 0.4) is 0 Å². The van der Waals surface area contributed by atoms with Gasteiger partial charge in [-0.15, -0.1) is 0 Å². The maximum atomic E-state index is 12.2. The third kappa shape index (κ3) is 43.9. The van der Waals surface area contributed by atoms with E-state index < -0.39 is 6.10 Å². The summed E-state index contributed by atoms with van der Waals surface area (Å²) in [5, 5.41) is 9.58. The van der Waals surface area contributed by atoms with Crippen molar-refractivity contribution < 1.29 is 24.2 Å². The first-order chi connectivity index (χ1) is 27.1. The SMILES string of the molecule is CC/C=C\C/C=C\C/C=C\C/C=C\C/C=C\C/C=C\CCCCCCCCCCCCC(=O)OC(CO)COC(=O)CCCCCCCCCCCCCC. The summed E-state index contributed by atoms with van der Waals surface area (Å²) < 4.78 is 10.6. The Labute approximate surface area is 340 Å². The van der Waals surface area contributed by atoms with E-state index in [1.165, 1.54) is 109 Å². The van der Waals surface area contributed by atoms with Crippen molar-refractivity contribution in [3.05, 3.63) is 72.9 Å². The molecule has 0 heterocycles. The van der Waals surface area contributed by atoms with Crippen LogP contribution in [-0.2, 0) is 19.1 Å². The van der Waals surface area contributed by atoms with E-state index >= 15 is 0 Å². The van der Waals surface area contributed by atoms with Crippen LogP contribution in [0.4, 0.5) is 0 Å². The van der Waals surface area contributed by atoms with Gasteiger partial charge in [0.05, 0.1) is 6.61 Å². The predicted octanol–water partition coefficient (Wildman–Crippen LogP) is 14.9. The zero-order valence-electron chi connectivity index (χ0n) is 35.9. The van der Waals surface area contributed by atoms with E-state index in [0.29, 0.717) is 12.8 Å². The third-order valence-electron chi connectivity index (χ3n) is 9.76. The minimum atomic E-state index is -0.774. The number of hydrogen-bond donors (Lipinski definition) is 1. The molecule has 0 saturated heterocycles. The van der Waals surface area contributed by atoms with E-state index in [1.807, 2.05) is 0 Å². The molecule has 0 aliphatic rings. The standard InChI is InChI=1S/C50H86O5/c1-3-5-7-9-11-13-15-17-18-19-20-21-22-23-24-25-26-27-28-29-30-31-32-33-35-37-39-41-43-45-50(53)55-48(46-51)47-54-49(52)44-42-40-38-36-34-16-14-12-10-8-6-4-2/h5,7,11,13,17-18,20-21,23-24,26-27,48,51H,3-4,6,8-10,12,14-16,19,22,25,28-47H2,1-2H3/b7-5-,13-11-,18-17-,21-20-,24-23-,27-26-. The molecule has 0 aromatic heterocycles. The maximum absolute atomic E-state index is 12.2. The molecule has 0 bridgehead atoms. The Bertz CT molecular complexity index is 1000. The van der Waals surface area contributed by atoms with Crippen LogP contribution in [0.25, 0.3) is 0 Å². The fourth-order valence-corrected chi connectivity index (χ4v) is 6.32. The molecule has 55 heavy (non-hydrogen) atoms. The first-order valence-corrected chi connectivity index (χ1v) is 23.0. The largest absolute Gasteiger partial charge is 0.462 e. The average Bonchev–Trinajstić information content (AvgIpc) is 3.19. The Morgan fingerprint density at radius 3 is 1.18 bits per heavy atom. The zero-order chi connectivity index (χ0) is 40.0. The zero-order valence-corrected chi connectivity index (χ0v) is 35.9. The Morgan fingerprint density at radius 2 is 0.782 bits per heavy atom. The number of hydrogen-bond acceptors (Lipinski definition) is 5. The van der Waals surface area contributed by atoms with Gasteiger partial charge in [-0.05, 0) is 64.2 Å². The number of carbonyl (C=O) groups is 2. The van der Waals surface area contributed by atoms with Gasteiger partial charge in [-0.2, -0.15) is 0 Å². The highest BCUT2D eigenvalue weighted by Crippen LogP contribution is 2.14. The van der Waals surface area contributed by atoms with Gasteiger partial charge >= 0.3 is 11.9 Å².